The number of rotatable bonds is 4. The molecule has 6 heteroatoms. The number of carboxylic acids is 1. The van der Waals surface area contributed by atoms with E-state index in [4.69, 9.17) is 21.4 Å². The standard InChI is InChI=1S/C13H14ClNO4/c14-9-1-3-10(4-2-9)15-11(5-6-13(17)18)7-19-8-12(15)16/h1-4,11H,5-8H2,(H,17,18). The monoisotopic (exact) mass is 283 g/mol. The number of hydrogen-bond donors (Lipinski definition) is 1. The number of amides is 1. The van der Waals surface area contributed by atoms with Gasteiger partial charge in [-0.3, -0.25) is 9.59 Å². The molecule has 5 nitrogen and oxygen atoms in total. The minimum atomic E-state index is -0.880. The van der Waals surface area contributed by atoms with E-state index in [1.165, 1.54) is 0 Å². The van der Waals surface area contributed by atoms with E-state index in [1.54, 1.807) is 29.2 Å². The number of ether oxygens (including phenoxy) is 1. The maximum atomic E-state index is 12.0. The second kappa shape index (κ2) is 6.04. The van der Waals surface area contributed by atoms with E-state index in [0.29, 0.717) is 23.7 Å². The Kier molecular flexibility index (Phi) is 4.39. The highest BCUT2D eigenvalue weighted by atomic mass is 35.5. The van der Waals surface area contributed by atoms with Crippen molar-refractivity contribution in [1.82, 2.24) is 0 Å². The summed E-state index contributed by atoms with van der Waals surface area (Å²) in [6.45, 7) is 0.369. The van der Waals surface area contributed by atoms with E-state index in [1.807, 2.05) is 0 Å². The van der Waals surface area contributed by atoms with Gasteiger partial charge >= 0.3 is 5.97 Å². The van der Waals surface area contributed by atoms with Crippen molar-refractivity contribution in [3.05, 3.63) is 29.3 Å². The second-order valence-corrected chi connectivity index (χ2v) is 4.78. The molecule has 1 fully saturated rings. The Hall–Kier alpha value is -1.59. The molecule has 1 atom stereocenters. The summed E-state index contributed by atoms with van der Waals surface area (Å²) in [5.41, 5.74) is 0.716. The zero-order valence-corrected chi connectivity index (χ0v) is 11.0. The minimum absolute atomic E-state index is 0.00535. The summed E-state index contributed by atoms with van der Waals surface area (Å²) >= 11 is 5.82. The molecule has 1 N–H and O–H groups in total. The van der Waals surface area contributed by atoms with Crippen LogP contribution in [-0.2, 0) is 14.3 Å². The van der Waals surface area contributed by atoms with Gasteiger partial charge in [0, 0.05) is 17.1 Å². The van der Waals surface area contributed by atoms with Gasteiger partial charge in [0.25, 0.3) is 5.91 Å². The van der Waals surface area contributed by atoms with Crippen LogP contribution in [-0.4, -0.2) is 36.2 Å². The smallest absolute Gasteiger partial charge is 0.303 e. The first kappa shape index (κ1) is 13.8. The molecule has 0 aromatic heterocycles. The third-order valence-electron chi connectivity index (χ3n) is 2.97. The first-order valence-electron chi connectivity index (χ1n) is 5.95. The van der Waals surface area contributed by atoms with Crippen LogP contribution < -0.4 is 4.90 Å². The average molecular weight is 284 g/mol. The van der Waals surface area contributed by atoms with Crippen molar-refractivity contribution >= 4 is 29.2 Å². The summed E-state index contributed by atoms with van der Waals surface area (Å²) in [5.74, 6) is -1.04. The Morgan fingerprint density at radius 2 is 2.11 bits per heavy atom. The first-order valence-corrected chi connectivity index (χ1v) is 6.33. The minimum Gasteiger partial charge on any atom is -0.481 e. The highest BCUT2D eigenvalue weighted by molar-refractivity contribution is 6.30. The van der Waals surface area contributed by atoms with Gasteiger partial charge in [-0.2, -0.15) is 0 Å². The maximum absolute atomic E-state index is 12.0. The SMILES string of the molecule is O=C(O)CCC1COCC(=O)N1c1ccc(Cl)cc1. The van der Waals surface area contributed by atoms with Gasteiger partial charge < -0.3 is 14.7 Å². The Bertz CT molecular complexity index is 474. The number of aliphatic carboxylic acids is 1. The third-order valence-corrected chi connectivity index (χ3v) is 3.22. The first-order chi connectivity index (χ1) is 9.08. The van der Waals surface area contributed by atoms with Crippen LogP contribution in [0.5, 0.6) is 0 Å². The van der Waals surface area contributed by atoms with Gasteiger partial charge in [-0.05, 0) is 30.7 Å². The van der Waals surface area contributed by atoms with Gasteiger partial charge in [0.15, 0.2) is 0 Å². The van der Waals surface area contributed by atoms with Crippen molar-refractivity contribution in [2.45, 2.75) is 18.9 Å². The predicted molar refractivity (Wildman–Crippen MR) is 70.4 cm³/mol. The normalized spacial score (nSPS) is 19.5. The molecule has 1 amide bonds. The van der Waals surface area contributed by atoms with E-state index in [0.717, 1.165) is 0 Å². The predicted octanol–water partition coefficient (Wildman–Crippen LogP) is 1.94. The fourth-order valence-electron chi connectivity index (χ4n) is 2.09. The van der Waals surface area contributed by atoms with Crippen LogP contribution >= 0.6 is 11.6 Å². The zero-order chi connectivity index (χ0) is 13.8. The molecule has 1 heterocycles. The fourth-order valence-corrected chi connectivity index (χ4v) is 2.21. The molecule has 1 aliphatic heterocycles. The topological polar surface area (TPSA) is 66.8 Å². The lowest BCUT2D eigenvalue weighted by Crippen LogP contribution is -2.49. The van der Waals surface area contributed by atoms with Gasteiger partial charge in [0.05, 0.1) is 12.6 Å². The average Bonchev–Trinajstić information content (AvgIpc) is 2.38. The number of halogens is 1. The molecule has 0 bridgehead atoms. The molecule has 2 rings (SSSR count). The fraction of sp³-hybridized carbons (Fsp3) is 0.385. The molecule has 0 aliphatic carbocycles. The number of morpholine rings is 1. The van der Waals surface area contributed by atoms with Gasteiger partial charge in [0.2, 0.25) is 0 Å². The van der Waals surface area contributed by atoms with Crippen LogP contribution in [0.25, 0.3) is 0 Å². The second-order valence-electron chi connectivity index (χ2n) is 4.34. The molecule has 102 valence electrons. The van der Waals surface area contributed by atoms with Crippen LogP contribution in [0.4, 0.5) is 5.69 Å². The van der Waals surface area contributed by atoms with Gasteiger partial charge in [-0.15, -0.1) is 0 Å². The van der Waals surface area contributed by atoms with E-state index in [2.05, 4.69) is 0 Å². The molecule has 1 aromatic carbocycles. The van der Waals surface area contributed by atoms with Gasteiger partial charge in [-0.25, -0.2) is 0 Å². The van der Waals surface area contributed by atoms with Gasteiger partial charge in [-0.1, -0.05) is 11.6 Å². The van der Waals surface area contributed by atoms with E-state index in [9.17, 15) is 9.59 Å². The van der Waals surface area contributed by atoms with E-state index in [-0.39, 0.29) is 25.0 Å². The number of anilines is 1. The molecule has 1 saturated heterocycles. The molecule has 1 aliphatic rings. The van der Waals surface area contributed by atoms with E-state index >= 15 is 0 Å². The lowest BCUT2D eigenvalue weighted by Gasteiger charge is -2.35. The molecule has 19 heavy (non-hydrogen) atoms. The van der Waals surface area contributed by atoms with Crippen molar-refractivity contribution in [2.24, 2.45) is 0 Å². The van der Waals surface area contributed by atoms with Crippen molar-refractivity contribution < 1.29 is 19.4 Å². The highest BCUT2D eigenvalue weighted by Crippen LogP contribution is 2.24. The van der Waals surface area contributed by atoms with Gasteiger partial charge in [0.1, 0.15) is 6.61 Å². The largest absolute Gasteiger partial charge is 0.481 e. The molecule has 0 radical (unpaired) electrons. The lowest BCUT2D eigenvalue weighted by atomic mass is 10.1. The Morgan fingerprint density at radius 3 is 2.74 bits per heavy atom. The maximum Gasteiger partial charge on any atom is 0.303 e. The van der Waals surface area contributed by atoms with Crippen molar-refractivity contribution in [1.29, 1.82) is 0 Å². The summed E-state index contributed by atoms with van der Waals surface area (Å²) in [4.78, 5) is 24.2. The Balaban J connectivity index is 2.18. The van der Waals surface area contributed by atoms with Crippen molar-refractivity contribution in [3.63, 3.8) is 0 Å². The van der Waals surface area contributed by atoms with E-state index < -0.39 is 5.97 Å². The highest BCUT2D eigenvalue weighted by Gasteiger charge is 2.30. The molecule has 0 spiro atoms. The molecular formula is C13H14ClNO4. The summed E-state index contributed by atoms with van der Waals surface area (Å²) < 4.78 is 5.19. The Morgan fingerprint density at radius 1 is 1.42 bits per heavy atom. The third kappa shape index (κ3) is 3.45. The van der Waals surface area contributed by atoms with Crippen LogP contribution in [0.1, 0.15) is 12.8 Å². The van der Waals surface area contributed by atoms with Crippen LogP contribution in [0.2, 0.25) is 5.02 Å². The number of hydrogen-bond acceptors (Lipinski definition) is 3. The number of benzene rings is 1. The van der Waals surface area contributed by atoms with Crippen LogP contribution in [0.15, 0.2) is 24.3 Å². The quantitative estimate of drug-likeness (QED) is 0.917. The Labute approximate surface area is 115 Å². The zero-order valence-electron chi connectivity index (χ0n) is 10.2. The van der Waals surface area contributed by atoms with Crippen molar-refractivity contribution in [2.75, 3.05) is 18.1 Å². The molecule has 1 aromatic rings. The van der Waals surface area contributed by atoms with Crippen molar-refractivity contribution in [3.8, 4) is 0 Å². The van der Waals surface area contributed by atoms with Crippen LogP contribution in [0, 0.1) is 0 Å². The number of carbonyl (C=O) groups is 2. The summed E-state index contributed by atoms with van der Waals surface area (Å²) in [6, 6.07) is 6.65. The lowest BCUT2D eigenvalue weighted by molar-refractivity contribution is -0.138. The number of nitrogens with zero attached hydrogens (tertiary/aromatic N) is 1. The summed E-state index contributed by atoms with van der Waals surface area (Å²) in [7, 11) is 0. The summed E-state index contributed by atoms with van der Waals surface area (Å²) in [5, 5.41) is 9.33. The number of carboxylic acid groups (broad SMARTS) is 1. The molecule has 1 unspecified atom stereocenters. The molecule has 0 saturated carbocycles. The molecular weight excluding hydrogens is 270 g/mol. The number of carbonyl (C=O) groups excluding carboxylic acids is 1. The van der Waals surface area contributed by atoms with Crippen LogP contribution in [0.3, 0.4) is 0 Å². The summed E-state index contributed by atoms with van der Waals surface area (Å²) in [6.07, 6.45) is 0.370.